The molecule has 2 heterocycles. The molecule has 2 fully saturated rings. The second-order valence-electron chi connectivity index (χ2n) is 8.68. The van der Waals surface area contributed by atoms with Crippen LogP contribution in [0.1, 0.15) is 5.56 Å². The minimum atomic E-state index is -1.75. The number of rotatable bonds is 5. The van der Waals surface area contributed by atoms with Gasteiger partial charge in [0.1, 0.15) is 0 Å². The molecule has 1 unspecified atom stereocenters. The highest BCUT2D eigenvalue weighted by Crippen LogP contribution is 2.38. The Hall–Kier alpha value is -4.57. The van der Waals surface area contributed by atoms with Gasteiger partial charge >= 0.3 is 6.03 Å². The maximum absolute atomic E-state index is 13.6. The fourth-order valence-electron chi connectivity index (χ4n) is 5.02. The van der Waals surface area contributed by atoms with E-state index in [1.165, 1.54) is 12.1 Å². The molecule has 2 saturated heterocycles. The Morgan fingerprint density at radius 3 is 2.06 bits per heavy atom. The van der Waals surface area contributed by atoms with Gasteiger partial charge in [0.15, 0.2) is 5.41 Å². The van der Waals surface area contributed by atoms with Crippen molar-refractivity contribution in [3.63, 3.8) is 0 Å². The van der Waals surface area contributed by atoms with Crippen molar-refractivity contribution >= 4 is 29.2 Å². The van der Waals surface area contributed by atoms with Crippen molar-refractivity contribution in [3.8, 4) is 11.1 Å². The second-order valence-corrected chi connectivity index (χ2v) is 8.68. The maximum atomic E-state index is 13.6. The van der Waals surface area contributed by atoms with Gasteiger partial charge in [0.25, 0.3) is 5.69 Å². The molecule has 0 saturated carbocycles. The van der Waals surface area contributed by atoms with E-state index in [2.05, 4.69) is 16.0 Å². The van der Waals surface area contributed by atoms with Crippen LogP contribution >= 0.6 is 0 Å². The van der Waals surface area contributed by atoms with Crippen LogP contribution in [0.4, 0.5) is 16.2 Å². The summed E-state index contributed by atoms with van der Waals surface area (Å²) >= 11 is 0. The molecule has 3 aromatic rings. The zero-order valence-corrected chi connectivity index (χ0v) is 19.1. The highest BCUT2D eigenvalue weighted by molar-refractivity contribution is 6.23. The van der Waals surface area contributed by atoms with E-state index in [0.29, 0.717) is 24.3 Å². The molecule has 182 valence electrons. The number of nitro groups is 1. The van der Waals surface area contributed by atoms with Crippen LogP contribution in [0.3, 0.4) is 0 Å². The summed E-state index contributed by atoms with van der Waals surface area (Å²) in [5.74, 6) is -1.44. The normalized spacial score (nSPS) is 19.4. The molecule has 0 aliphatic carbocycles. The standard InChI is InChI=1S/C26H23N5O5/c32-23-26(24(33)29-25(34)28-23,19-8-6-18(7-9-19)17-4-2-1-3-5-17)22-16-27-14-15-30(22)20-10-12-21(13-11-20)31(35)36/h1-13,22,27H,14-16H2,(H2,28,29,32,33,34). The van der Waals surface area contributed by atoms with E-state index in [1.54, 1.807) is 24.3 Å². The van der Waals surface area contributed by atoms with Crippen molar-refractivity contribution < 1.29 is 19.3 Å². The van der Waals surface area contributed by atoms with E-state index in [1.807, 2.05) is 47.4 Å². The first-order valence-corrected chi connectivity index (χ1v) is 11.5. The third kappa shape index (κ3) is 3.87. The predicted molar refractivity (Wildman–Crippen MR) is 132 cm³/mol. The third-order valence-corrected chi connectivity index (χ3v) is 6.75. The third-order valence-electron chi connectivity index (χ3n) is 6.75. The zero-order valence-electron chi connectivity index (χ0n) is 19.1. The molecule has 36 heavy (non-hydrogen) atoms. The van der Waals surface area contributed by atoms with Gasteiger partial charge in [-0.3, -0.25) is 30.3 Å². The molecule has 1 atom stereocenters. The summed E-state index contributed by atoms with van der Waals surface area (Å²) in [4.78, 5) is 51.7. The Bertz CT molecular complexity index is 1310. The van der Waals surface area contributed by atoms with Gasteiger partial charge in [0.2, 0.25) is 11.8 Å². The van der Waals surface area contributed by atoms with Crippen LogP contribution < -0.4 is 20.9 Å². The van der Waals surface area contributed by atoms with E-state index in [-0.39, 0.29) is 12.2 Å². The molecule has 10 nitrogen and oxygen atoms in total. The van der Waals surface area contributed by atoms with Gasteiger partial charge in [-0.1, -0.05) is 54.6 Å². The minimum Gasteiger partial charge on any atom is -0.364 e. The predicted octanol–water partition coefficient (Wildman–Crippen LogP) is 2.34. The Balaban J connectivity index is 1.61. The van der Waals surface area contributed by atoms with E-state index >= 15 is 0 Å². The number of nitrogens with one attached hydrogen (secondary N) is 3. The number of imide groups is 2. The van der Waals surface area contributed by atoms with Crippen LogP contribution in [0.15, 0.2) is 78.9 Å². The molecule has 0 aromatic heterocycles. The van der Waals surface area contributed by atoms with Crippen LogP contribution in [0.5, 0.6) is 0 Å². The number of carbonyl (C=O) groups excluding carboxylic acids is 3. The fourth-order valence-corrected chi connectivity index (χ4v) is 5.02. The first kappa shape index (κ1) is 23.2. The van der Waals surface area contributed by atoms with Crippen LogP contribution in [0, 0.1) is 10.1 Å². The number of hydrogen-bond acceptors (Lipinski definition) is 7. The van der Waals surface area contributed by atoms with Gasteiger partial charge in [-0.25, -0.2) is 4.79 Å². The molecular formula is C26H23N5O5. The van der Waals surface area contributed by atoms with Crippen LogP contribution in [0.25, 0.3) is 11.1 Å². The van der Waals surface area contributed by atoms with Crippen LogP contribution in [0.2, 0.25) is 0 Å². The van der Waals surface area contributed by atoms with E-state index < -0.39 is 34.2 Å². The van der Waals surface area contributed by atoms with Crippen molar-refractivity contribution in [2.75, 3.05) is 24.5 Å². The van der Waals surface area contributed by atoms with Crippen LogP contribution in [-0.4, -0.2) is 48.4 Å². The van der Waals surface area contributed by atoms with Crippen molar-refractivity contribution in [2.45, 2.75) is 11.5 Å². The van der Waals surface area contributed by atoms with Gasteiger partial charge in [0, 0.05) is 37.5 Å². The summed E-state index contributed by atoms with van der Waals surface area (Å²) in [5, 5.41) is 18.9. The molecule has 0 spiro atoms. The van der Waals surface area contributed by atoms with Crippen molar-refractivity contribution in [1.82, 2.24) is 16.0 Å². The maximum Gasteiger partial charge on any atom is 0.328 e. The molecule has 4 amide bonds. The molecule has 0 radical (unpaired) electrons. The van der Waals surface area contributed by atoms with Gasteiger partial charge in [-0.2, -0.15) is 0 Å². The van der Waals surface area contributed by atoms with Crippen molar-refractivity contribution in [2.24, 2.45) is 0 Å². The molecule has 2 aliphatic heterocycles. The second kappa shape index (κ2) is 9.23. The Kier molecular flexibility index (Phi) is 5.95. The number of urea groups is 1. The van der Waals surface area contributed by atoms with Gasteiger partial charge in [-0.05, 0) is 28.8 Å². The fraction of sp³-hybridized carbons (Fsp3) is 0.192. The number of nitrogens with zero attached hydrogens (tertiary/aromatic N) is 2. The molecule has 2 aliphatic rings. The van der Waals surface area contributed by atoms with Crippen LogP contribution in [-0.2, 0) is 15.0 Å². The molecule has 3 N–H and O–H groups in total. The zero-order chi connectivity index (χ0) is 25.3. The average Bonchev–Trinajstić information content (AvgIpc) is 2.90. The number of hydrogen-bond donors (Lipinski definition) is 3. The number of carbonyl (C=O) groups is 3. The summed E-state index contributed by atoms with van der Waals surface area (Å²) in [7, 11) is 0. The van der Waals surface area contributed by atoms with Crippen molar-refractivity contribution in [1.29, 1.82) is 0 Å². The lowest BCUT2D eigenvalue weighted by Crippen LogP contribution is -2.74. The lowest BCUT2D eigenvalue weighted by atomic mass is 9.69. The molecule has 5 rings (SSSR count). The molecule has 0 bridgehead atoms. The van der Waals surface area contributed by atoms with E-state index in [9.17, 15) is 24.5 Å². The lowest BCUT2D eigenvalue weighted by molar-refractivity contribution is -0.384. The first-order chi connectivity index (χ1) is 17.4. The monoisotopic (exact) mass is 485 g/mol. The Labute approximate surface area is 206 Å². The number of non-ortho nitro benzene ring substituents is 1. The first-order valence-electron chi connectivity index (χ1n) is 11.5. The summed E-state index contributed by atoms with van der Waals surface area (Å²) in [6.45, 7) is 1.30. The molecular weight excluding hydrogens is 462 g/mol. The smallest absolute Gasteiger partial charge is 0.328 e. The average molecular weight is 486 g/mol. The number of piperazine rings is 1. The number of benzene rings is 3. The Morgan fingerprint density at radius 2 is 1.44 bits per heavy atom. The molecule has 10 heteroatoms. The van der Waals surface area contributed by atoms with Gasteiger partial charge in [-0.15, -0.1) is 0 Å². The van der Waals surface area contributed by atoms with E-state index in [0.717, 1.165) is 11.1 Å². The Morgan fingerprint density at radius 1 is 0.833 bits per heavy atom. The number of amides is 4. The highest BCUT2D eigenvalue weighted by atomic mass is 16.6. The summed E-state index contributed by atoms with van der Waals surface area (Å²) < 4.78 is 0. The molecule has 3 aromatic carbocycles. The van der Waals surface area contributed by atoms with Gasteiger partial charge < -0.3 is 10.2 Å². The number of anilines is 1. The minimum absolute atomic E-state index is 0.0598. The number of nitro benzene ring substituents is 1. The van der Waals surface area contributed by atoms with Gasteiger partial charge in [0.05, 0.1) is 11.0 Å². The number of barbiturate groups is 1. The largest absolute Gasteiger partial charge is 0.364 e. The SMILES string of the molecule is O=C1NC(=O)C(c2ccc(-c3ccccc3)cc2)(C2CNCCN2c2ccc([N+](=O)[O-])cc2)C(=O)N1. The highest BCUT2D eigenvalue weighted by Gasteiger charge is 2.59. The summed E-state index contributed by atoms with van der Waals surface area (Å²) in [6, 6.07) is 21.3. The summed E-state index contributed by atoms with van der Waals surface area (Å²) in [6.07, 6.45) is 0. The summed E-state index contributed by atoms with van der Waals surface area (Å²) in [5.41, 5.74) is 1.15. The quantitative estimate of drug-likeness (QED) is 0.287. The lowest BCUT2D eigenvalue weighted by Gasteiger charge is -2.48. The van der Waals surface area contributed by atoms with Crippen molar-refractivity contribution in [3.05, 3.63) is 94.5 Å². The topological polar surface area (TPSA) is 134 Å². The van der Waals surface area contributed by atoms with E-state index in [4.69, 9.17) is 0 Å².